The Bertz CT molecular complexity index is 97.8. The third-order valence-electron chi connectivity index (χ3n) is 1.26. The van der Waals surface area contributed by atoms with E-state index in [0.29, 0.717) is 0 Å². The van der Waals surface area contributed by atoms with Crippen molar-refractivity contribution >= 4 is 28.1 Å². The van der Waals surface area contributed by atoms with Crippen molar-refractivity contribution < 1.29 is 13.3 Å². The Balaban J connectivity index is 3.51. The van der Waals surface area contributed by atoms with Crippen molar-refractivity contribution in [3.63, 3.8) is 0 Å². The molecule has 0 unspecified atom stereocenters. The molecule has 0 spiro atoms. The van der Waals surface area contributed by atoms with Gasteiger partial charge < -0.3 is 13.3 Å². The Hall–Kier alpha value is 0.827. The summed E-state index contributed by atoms with van der Waals surface area (Å²) in [5.74, 6) is 0. The van der Waals surface area contributed by atoms with E-state index in [2.05, 4.69) is 28.7 Å². The van der Waals surface area contributed by atoms with Crippen LogP contribution in [0.1, 0.15) is 19.8 Å². The fourth-order valence-electron chi connectivity index (χ4n) is 0.540. The molecule has 0 aliphatic carbocycles. The van der Waals surface area contributed by atoms with E-state index in [-0.39, 0.29) is 0 Å². The van der Waals surface area contributed by atoms with E-state index in [0.717, 1.165) is 19.4 Å². The molecule has 0 atom stereocenters. The van der Waals surface area contributed by atoms with E-state index in [1.54, 1.807) is 14.2 Å². The summed E-state index contributed by atoms with van der Waals surface area (Å²) < 4.78 is 15.7. The van der Waals surface area contributed by atoms with Gasteiger partial charge in [-0.25, -0.2) is 0 Å². The lowest BCUT2D eigenvalue weighted by molar-refractivity contribution is 0.128. The van der Waals surface area contributed by atoms with Gasteiger partial charge in [-0.3, -0.25) is 0 Å². The van der Waals surface area contributed by atoms with Crippen LogP contribution in [0.25, 0.3) is 0 Å². The summed E-state index contributed by atoms with van der Waals surface area (Å²) in [5.41, 5.74) is 0. The number of hydrogen-bond donors (Lipinski definition) is 0. The topological polar surface area (TPSA) is 27.7 Å². The first kappa shape index (κ1) is 11.8. The van der Waals surface area contributed by atoms with Crippen LogP contribution in [0, 0.1) is 0 Å². The first-order chi connectivity index (χ1) is 5.18. The lowest BCUT2D eigenvalue weighted by atomic mass is 10.4. The highest BCUT2D eigenvalue weighted by molar-refractivity contribution is 14.1. The Morgan fingerprint density at radius 1 is 1.27 bits per heavy atom. The first-order valence-corrected chi connectivity index (χ1v) is 8.45. The molecule has 11 heavy (non-hydrogen) atoms. The van der Waals surface area contributed by atoms with Crippen molar-refractivity contribution in [2.24, 2.45) is 0 Å². The fourth-order valence-corrected chi connectivity index (χ4v) is 1.99. The van der Waals surface area contributed by atoms with E-state index in [1.807, 2.05) is 0 Å². The van der Waals surface area contributed by atoms with Crippen LogP contribution in [-0.4, -0.2) is 27.1 Å². The third-order valence-corrected chi connectivity index (χ3v) is 6.36. The van der Waals surface area contributed by atoms with Crippen LogP contribution >= 0.6 is 21.8 Å². The molecule has 0 rings (SSSR count). The first-order valence-electron chi connectivity index (χ1n) is 3.61. The van der Waals surface area contributed by atoms with Crippen molar-refractivity contribution in [2.45, 2.75) is 19.8 Å². The SMILES string of the molecule is CCCCO[Si](I)(OC)OC. The molecule has 0 bridgehead atoms. The molecule has 0 amide bonds. The molecule has 0 radical (unpaired) electrons. The molecule has 68 valence electrons. The summed E-state index contributed by atoms with van der Waals surface area (Å²) in [6, 6.07) is 0. The number of hydrogen-bond acceptors (Lipinski definition) is 3. The summed E-state index contributed by atoms with van der Waals surface area (Å²) in [6.45, 7) is 2.85. The highest BCUT2D eigenvalue weighted by atomic mass is 127. The Morgan fingerprint density at radius 2 is 1.82 bits per heavy atom. The molecule has 0 fully saturated rings. The Labute approximate surface area is 82.0 Å². The standard InChI is InChI=1S/C6H15IO3Si/c1-4-5-6-10-11(7,8-2)9-3/h4-6H2,1-3H3. The Kier molecular flexibility index (Phi) is 6.83. The predicted octanol–water partition coefficient (Wildman–Crippen LogP) is 1.97. The number of unbranched alkanes of at least 4 members (excludes halogenated alkanes) is 1. The highest BCUT2D eigenvalue weighted by Crippen LogP contribution is 2.16. The Morgan fingerprint density at radius 3 is 2.18 bits per heavy atom. The average Bonchev–Trinajstić information content (AvgIpc) is 2.05. The van der Waals surface area contributed by atoms with Gasteiger partial charge in [0.15, 0.2) is 0 Å². The summed E-state index contributed by atoms with van der Waals surface area (Å²) >= 11 is 2.11. The minimum atomic E-state index is -2.26. The third kappa shape index (κ3) is 5.13. The molecule has 0 aromatic rings. The highest BCUT2D eigenvalue weighted by Gasteiger charge is 2.34. The smallest absolute Gasteiger partial charge is 0.369 e. The maximum Gasteiger partial charge on any atom is 0.571 e. The van der Waals surface area contributed by atoms with Gasteiger partial charge in [-0.1, -0.05) is 13.3 Å². The van der Waals surface area contributed by atoms with Crippen LogP contribution in [-0.2, 0) is 13.3 Å². The second kappa shape index (κ2) is 6.35. The van der Waals surface area contributed by atoms with Crippen LogP contribution in [0.4, 0.5) is 0 Å². The van der Waals surface area contributed by atoms with Gasteiger partial charge in [0.25, 0.3) is 0 Å². The van der Waals surface area contributed by atoms with Gasteiger partial charge in [-0.15, -0.1) is 0 Å². The lowest BCUT2D eigenvalue weighted by Gasteiger charge is -2.19. The minimum absolute atomic E-state index is 0.730. The summed E-state index contributed by atoms with van der Waals surface area (Å²) in [5, 5.41) is 0. The molecule has 0 saturated carbocycles. The molecule has 0 N–H and O–H groups in total. The maximum absolute atomic E-state index is 5.45. The summed E-state index contributed by atoms with van der Waals surface area (Å²) in [6.07, 6.45) is -0.0711. The van der Waals surface area contributed by atoms with Gasteiger partial charge in [-0.2, -0.15) is 0 Å². The largest absolute Gasteiger partial charge is 0.571 e. The van der Waals surface area contributed by atoms with E-state index in [4.69, 9.17) is 13.3 Å². The second-order valence-electron chi connectivity index (χ2n) is 2.09. The molecule has 0 aliphatic heterocycles. The molecular formula is C6H15IO3Si. The average molecular weight is 290 g/mol. The molecule has 3 nitrogen and oxygen atoms in total. The van der Waals surface area contributed by atoms with Gasteiger partial charge in [-0.05, 0) is 28.2 Å². The molecular weight excluding hydrogens is 275 g/mol. The molecule has 0 aliphatic rings. The van der Waals surface area contributed by atoms with E-state index in [1.165, 1.54) is 0 Å². The molecule has 5 heteroatoms. The van der Waals surface area contributed by atoms with Gasteiger partial charge in [0, 0.05) is 20.8 Å². The second-order valence-corrected chi connectivity index (χ2v) is 8.12. The number of halogens is 1. The lowest BCUT2D eigenvalue weighted by Crippen LogP contribution is -2.37. The normalized spacial score (nSPS) is 12.0. The molecule has 0 aromatic heterocycles. The van der Waals surface area contributed by atoms with Crippen LogP contribution < -0.4 is 0 Å². The zero-order valence-electron chi connectivity index (χ0n) is 7.22. The van der Waals surface area contributed by atoms with Crippen LogP contribution in [0.3, 0.4) is 0 Å². The monoisotopic (exact) mass is 290 g/mol. The van der Waals surface area contributed by atoms with Crippen molar-refractivity contribution in [3.05, 3.63) is 0 Å². The van der Waals surface area contributed by atoms with E-state index >= 15 is 0 Å². The van der Waals surface area contributed by atoms with Gasteiger partial charge in [0.2, 0.25) is 0 Å². The van der Waals surface area contributed by atoms with Gasteiger partial charge in [0.05, 0.1) is 0 Å². The zero-order chi connectivity index (χ0) is 8.74. The molecule has 0 aromatic carbocycles. The van der Waals surface area contributed by atoms with Crippen molar-refractivity contribution in [2.75, 3.05) is 20.8 Å². The van der Waals surface area contributed by atoms with Crippen molar-refractivity contribution in [1.29, 1.82) is 0 Å². The van der Waals surface area contributed by atoms with Crippen molar-refractivity contribution in [1.82, 2.24) is 0 Å². The zero-order valence-corrected chi connectivity index (χ0v) is 10.4. The van der Waals surface area contributed by atoms with E-state index in [9.17, 15) is 0 Å². The van der Waals surface area contributed by atoms with Crippen molar-refractivity contribution in [3.8, 4) is 0 Å². The maximum atomic E-state index is 5.45. The van der Waals surface area contributed by atoms with Crippen LogP contribution in [0.5, 0.6) is 0 Å². The van der Waals surface area contributed by atoms with Gasteiger partial charge >= 0.3 is 6.30 Å². The summed E-state index contributed by atoms with van der Waals surface area (Å²) in [7, 11) is 3.24. The van der Waals surface area contributed by atoms with Gasteiger partial charge in [0.1, 0.15) is 0 Å². The predicted molar refractivity (Wildman–Crippen MR) is 54.7 cm³/mol. The van der Waals surface area contributed by atoms with Crippen LogP contribution in [0.2, 0.25) is 0 Å². The summed E-state index contributed by atoms with van der Waals surface area (Å²) in [4.78, 5) is 0. The quantitative estimate of drug-likeness (QED) is 0.324. The number of rotatable bonds is 6. The fraction of sp³-hybridized carbons (Fsp3) is 1.00. The van der Waals surface area contributed by atoms with E-state index < -0.39 is 6.30 Å². The molecule has 0 saturated heterocycles. The van der Waals surface area contributed by atoms with Crippen LogP contribution in [0.15, 0.2) is 0 Å². The molecule has 0 heterocycles. The minimum Gasteiger partial charge on any atom is -0.369 e.